The lowest BCUT2D eigenvalue weighted by molar-refractivity contribution is 0.415. The summed E-state index contributed by atoms with van der Waals surface area (Å²) in [4.78, 5) is 19.6. The number of halogens is 1. The third-order valence-electron chi connectivity index (χ3n) is 4.24. The molecule has 0 unspecified atom stereocenters. The second-order valence-electron chi connectivity index (χ2n) is 6.06. The number of ether oxygens (including phenoxy) is 1. The molecule has 1 N–H and O–H groups in total. The van der Waals surface area contributed by atoms with E-state index in [1.807, 2.05) is 35.9 Å². The summed E-state index contributed by atoms with van der Waals surface area (Å²) >= 11 is 7.40. The molecule has 7 nitrogen and oxygen atoms in total. The third-order valence-corrected chi connectivity index (χ3v) is 5.50. The molecule has 0 saturated carbocycles. The summed E-state index contributed by atoms with van der Waals surface area (Å²) in [7, 11) is 3.53. The molecule has 0 fully saturated rings. The Morgan fingerprint density at radius 3 is 2.71 bits per heavy atom. The van der Waals surface area contributed by atoms with Crippen molar-refractivity contribution in [3.63, 3.8) is 0 Å². The van der Waals surface area contributed by atoms with E-state index in [9.17, 15) is 4.79 Å². The first kappa shape index (κ1) is 18.5. The summed E-state index contributed by atoms with van der Waals surface area (Å²) in [6.45, 7) is 0. The summed E-state index contributed by atoms with van der Waals surface area (Å²) in [6.07, 6.45) is 0. The fraction of sp³-hybridized carbons (Fsp3) is 0.158. The minimum absolute atomic E-state index is 0.208. The average Bonchev–Trinajstić information content (AvgIpc) is 3.07. The molecule has 4 aromatic rings. The highest BCUT2D eigenvalue weighted by Crippen LogP contribution is 2.26. The summed E-state index contributed by atoms with van der Waals surface area (Å²) in [6, 6.07) is 12.7. The zero-order chi connectivity index (χ0) is 19.7. The van der Waals surface area contributed by atoms with Crippen molar-refractivity contribution >= 4 is 34.3 Å². The number of hydrogen-bond acceptors (Lipinski definition) is 6. The van der Waals surface area contributed by atoms with Gasteiger partial charge in [-0.3, -0.25) is 4.79 Å². The zero-order valence-corrected chi connectivity index (χ0v) is 16.7. The maximum absolute atomic E-state index is 12.3. The molecule has 0 atom stereocenters. The quantitative estimate of drug-likeness (QED) is 0.502. The Morgan fingerprint density at radius 1 is 1.18 bits per heavy atom. The molecule has 0 amide bonds. The van der Waals surface area contributed by atoms with E-state index in [4.69, 9.17) is 16.3 Å². The number of nitrogens with zero attached hydrogens (tertiary/aromatic N) is 4. The fourth-order valence-electron chi connectivity index (χ4n) is 2.79. The Labute approximate surface area is 169 Å². The van der Waals surface area contributed by atoms with E-state index in [1.54, 1.807) is 25.3 Å². The number of hydrogen-bond donors (Lipinski definition) is 1. The van der Waals surface area contributed by atoms with E-state index in [2.05, 4.69) is 20.2 Å². The van der Waals surface area contributed by atoms with Crippen LogP contribution >= 0.6 is 23.4 Å². The highest BCUT2D eigenvalue weighted by atomic mass is 35.5. The highest BCUT2D eigenvalue weighted by Gasteiger charge is 2.13. The lowest BCUT2D eigenvalue weighted by Crippen LogP contribution is -2.11. The molecule has 4 rings (SSSR count). The molecule has 0 saturated heterocycles. The Hall–Kier alpha value is -2.84. The van der Waals surface area contributed by atoms with E-state index in [0.717, 1.165) is 22.3 Å². The number of H-pyrrole nitrogens is 1. The van der Waals surface area contributed by atoms with Gasteiger partial charge in [0.15, 0.2) is 11.0 Å². The first-order valence-electron chi connectivity index (χ1n) is 8.40. The summed E-state index contributed by atoms with van der Waals surface area (Å²) in [5.41, 5.74) is 1.34. The minimum Gasteiger partial charge on any atom is -0.497 e. The van der Waals surface area contributed by atoms with Crippen molar-refractivity contribution in [1.82, 2.24) is 24.7 Å². The van der Waals surface area contributed by atoms with Crippen molar-refractivity contribution in [2.75, 3.05) is 7.11 Å². The monoisotopic (exact) mass is 413 g/mol. The van der Waals surface area contributed by atoms with Gasteiger partial charge in [0.25, 0.3) is 5.56 Å². The van der Waals surface area contributed by atoms with Gasteiger partial charge in [-0.15, -0.1) is 10.2 Å². The van der Waals surface area contributed by atoms with Gasteiger partial charge >= 0.3 is 0 Å². The van der Waals surface area contributed by atoms with Gasteiger partial charge in [-0.05, 0) is 42.5 Å². The molecule has 142 valence electrons. The van der Waals surface area contributed by atoms with Crippen LogP contribution in [0.2, 0.25) is 5.02 Å². The second kappa shape index (κ2) is 7.65. The lowest BCUT2D eigenvalue weighted by Gasteiger charge is -2.05. The molecular weight excluding hydrogens is 398 g/mol. The molecule has 0 aliphatic carbocycles. The number of benzene rings is 2. The largest absolute Gasteiger partial charge is 0.497 e. The van der Waals surface area contributed by atoms with Crippen LogP contribution in [-0.2, 0) is 12.8 Å². The van der Waals surface area contributed by atoms with Gasteiger partial charge in [-0.25, -0.2) is 4.98 Å². The third kappa shape index (κ3) is 3.61. The summed E-state index contributed by atoms with van der Waals surface area (Å²) < 4.78 is 7.09. The SMILES string of the molecule is COc1ccc(-c2nnc(SCc3nc4ccc(Cl)cc4c(=O)[nH]3)n2C)cc1. The number of nitrogens with one attached hydrogen (secondary N) is 1. The van der Waals surface area contributed by atoms with Crippen molar-refractivity contribution in [3.8, 4) is 17.1 Å². The predicted molar refractivity (Wildman–Crippen MR) is 110 cm³/mol. The van der Waals surface area contributed by atoms with Gasteiger partial charge in [-0.1, -0.05) is 23.4 Å². The molecule has 2 aromatic heterocycles. The highest BCUT2D eigenvalue weighted by molar-refractivity contribution is 7.98. The number of thioether (sulfide) groups is 1. The molecule has 0 aliphatic heterocycles. The molecule has 28 heavy (non-hydrogen) atoms. The lowest BCUT2D eigenvalue weighted by atomic mass is 10.2. The van der Waals surface area contributed by atoms with Crippen LogP contribution in [0.15, 0.2) is 52.4 Å². The van der Waals surface area contributed by atoms with Crippen LogP contribution in [0.1, 0.15) is 5.82 Å². The van der Waals surface area contributed by atoms with Gasteiger partial charge in [0.1, 0.15) is 11.6 Å². The summed E-state index contributed by atoms with van der Waals surface area (Å²) in [5, 5.41) is 10.2. The fourth-order valence-corrected chi connectivity index (χ4v) is 3.75. The standard InChI is InChI=1S/C19H16ClN5O2S/c1-25-17(11-3-6-13(27-2)7-4-11)23-24-19(25)28-10-16-21-15-8-5-12(20)9-14(15)18(26)22-16/h3-9H,10H2,1-2H3,(H,21,22,26). The van der Waals surface area contributed by atoms with Crippen LogP contribution in [0.25, 0.3) is 22.3 Å². The van der Waals surface area contributed by atoms with Gasteiger partial charge in [0.2, 0.25) is 0 Å². The Balaban J connectivity index is 1.55. The molecule has 2 aromatic carbocycles. The Morgan fingerprint density at radius 2 is 1.96 bits per heavy atom. The number of rotatable bonds is 5. The molecule has 0 spiro atoms. The number of aromatic amines is 1. The number of aromatic nitrogens is 5. The van der Waals surface area contributed by atoms with E-state index in [0.29, 0.717) is 27.5 Å². The average molecular weight is 414 g/mol. The van der Waals surface area contributed by atoms with E-state index >= 15 is 0 Å². The molecule has 9 heteroatoms. The molecular formula is C19H16ClN5O2S. The van der Waals surface area contributed by atoms with E-state index in [-0.39, 0.29) is 5.56 Å². The summed E-state index contributed by atoms with van der Waals surface area (Å²) in [5.74, 6) is 2.56. The van der Waals surface area contributed by atoms with Crippen LogP contribution in [-0.4, -0.2) is 31.8 Å². The second-order valence-corrected chi connectivity index (χ2v) is 7.44. The van der Waals surface area contributed by atoms with Crippen LogP contribution in [0.5, 0.6) is 5.75 Å². The van der Waals surface area contributed by atoms with Crippen LogP contribution < -0.4 is 10.3 Å². The van der Waals surface area contributed by atoms with Crippen molar-refractivity contribution in [2.45, 2.75) is 10.9 Å². The first-order valence-corrected chi connectivity index (χ1v) is 9.76. The van der Waals surface area contributed by atoms with Gasteiger partial charge in [0, 0.05) is 17.6 Å². The van der Waals surface area contributed by atoms with Crippen molar-refractivity contribution in [2.24, 2.45) is 7.05 Å². The topological polar surface area (TPSA) is 85.7 Å². The smallest absolute Gasteiger partial charge is 0.258 e. The molecule has 0 bridgehead atoms. The van der Waals surface area contributed by atoms with Gasteiger partial charge in [-0.2, -0.15) is 0 Å². The molecule has 0 radical (unpaired) electrons. The van der Waals surface area contributed by atoms with Crippen molar-refractivity contribution in [1.29, 1.82) is 0 Å². The van der Waals surface area contributed by atoms with Crippen LogP contribution in [0.3, 0.4) is 0 Å². The number of fused-ring (bicyclic) bond motifs is 1. The normalized spacial score (nSPS) is 11.1. The maximum atomic E-state index is 12.3. The van der Waals surface area contributed by atoms with Crippen LogP contribution in [0.4, 0.5) is 0 Å². The predicted octanol–water partition coefficient (Wildman–Crippen LogP) is 3.67. The van der Waals surface area contributed by atoms with Crippen molar-refractivity contribution in [3.05, 3.63) is 63.7 Å². The molecule has 0 aliphatic rings. The van der Waals surface area contributed by atoms with Gasteiger partial charge < -0.3 is 14.3 Å². The van der Waals surface area contributed by atoms with Crippen LogP contribution in [0, 0.1) is 0 Å². The maximum Gasteiger partial charge on any atom is 0.258 e. The van der Waals surface area contributed by atoms with E-state index < -0.39 is 0 Å². The first-order chi connectivity index (χ1) is 13.5. The van der Waals surface area contributed by atoms with Crippen molar-refractivity contribution < 1.29 is 4.74 Å². The minimum atomic E-state index is -0.208. The molecule has 2 heterocycles. The zero-order valence-electron chi connectivity index (χ0n) is 15.1. The number of methoxy groups -OCH3 is 1. The van der Waals surface area contributed by atoms with Gasteiger partial charge in [0.05, 0.1) is 23.8 Å². The Bertz CT molecular complexity index is 1200. The Kier molecular flexibility index (Phi) is 5.06. The van der Waals surface area contributed by atoms with E-state index in [1.165, 1.54) is 11.8 Å².